The van der Waals surface area contributed by atoms with E-state index in [1.807, 2.05) is 31.2 Å². The Balaban J connectivity index is 0.00000288. The minimum Gasteiger partial charge on any atom is -0.493 e. The molecule has 0 aromatic heterocycles. The van der Waals surface area contributed by atoms with Crippen molar-refractivity contribution in [1.29, 1.82) is 0 Å². The number of carbonyl (C=O) groups excluding carboxylic acids is 1. The van der Waals surface area contributed by atoms with Crippen LogP contribution >= 0.6 is 12.4 Å². The average Bonchev–Trinajstić information content (AvgIpc) is 2.58. The largest absolute Gasteiger partial charge is 0.493 e. The lowest BCUT2D eigenvalue weighted by Gasteiger charge is -2.27. The molecule has 0 atom stereocenters. The van der Waals surface area contributed by atoms with Crippen molar-refractivity contribution in [3.63, 3.8) is 0 Å². The van der Waals surface area contributed by atoms with E-state index in [1.54, 1.807) is 0 Å². The monoisotopic (exact) mass is 355 g/mol. The predicted octanol–water partition coefficient (Wildman–Crippen LogP) is 1.99. The summed E-state index contributed by atoms with van der Waals surface area (Å²) in [6, 6.07) is 7.95. The molecular formula is C18H30ClN3O2. The number of ether oxygens (including phenoxy) is 1. The first kappa shape index (κ1) is 20.7. The Morgan fingerprint density at radius 2 is 2.00 bits per heavy atom. The number of carbonyl (C=O) groups is 1. The lowest BCUT2D eigenvalue weighted by molar-refractivity contribution is -0.121. The zero-order valence-corrected chi connectivity index (χ0v) is 15.4. The maximum atomic E-state index is 11.8. The average molecular weight is 356 g/mol. The van der Waals surface area contributed by atoms with Gasteiger partial charge in [0.2, 0.25) is 5.91 Å². The maximum absolute atomic E-state index is 11.8. The van der Waals surface area contributed by atoms with Crippen LogP contribution in [0.5, 0.6) is 5.75 Å². The molecule has 0 bridgehead atoms. The molecule has 6 heteroatoms. The Kier molecular flexibility index (Phi) is 10.5. The van der Waals surface area contributed by atoms with Gasteiger partial charge in [-0.05, 0) is 37.9 Å². The SMILES string of the molecule is Cc1ccccc1OCCCC(=O)NCCCN1CCNCC1.Cl. The summed E-state index contributed by atoms with van der Waals surface area (Å²) in [5, 5.41) is 6.34. The number of nitrogens with zero attached hydrogens (tertiary/aromatic N) is 1. The molecule has 5 nitrogen and oxygen atoms in total. The van der Waals surface area contributed by atoms with Gasteiger partial charge in [-0.25, -0.2) is 0 Å². The van der Waals surface area contributed by atoms with E-state index in [1.165, 1.54) is 0 Å². The van der Waals surface area contributed by atoms with Crippen molar-refractivity contribution in [2.45, 2.75) is 26.2 Å². The fourth-order valence-electron chi connectivity index (χ4n) is 2.69. The molecule has 1 fully saturated rings. The number of para-hydroxylation sites is 1. The topological polar surface area (TPSA) is 53.6 Å². The summed E-state index contributed by atoms with van der Waals surface area (Å²) in [6.07, 6.45) is 2.29. The Morgan fingerprint density at radius 1 is 1.25 bits per heavy atom. The summed E-state index contributed by atoms with van der Waals surface area (Å²) in [6.45, 7) is 8.83. The molecule has 2 N–H and O–H groups in total. The van der Waals surface area contributed by atoms with Crippen LogP contribution in [0.15, 0.2) is 24.3 Å². The number of hydrogen-bond donors (Lipinski definition) is 2. The molecule has 0 saturated carbocycles. The van der Waals surface area contributed by atoms with Gasteiger partial charge in [-0.3, -0.25) is 4.79 Å². The number of rotatable bonds is 9. The number of amides is 1. The summed E-state index contributed by atoms with van der Waals surface area (Å²) in [4.78, 5) is 14.2. The van der Waals surface area contributed by atoms with Gasteiger partial charge in [-0.1, -0.05) is 18.2 Å². The van der Waals surface area contributed by atoms with Crippen LogP contribution in [0.4, 0.5) is 0 Å². The molecule has 1 aliphatic rings. The minimum absolute atomic E-state index is 0. The van der Waals surface area contributed by atoms with E-state index in [9.17, 15) is 4.79 Å². The number of halogens is 1. The zero-order valence-electron chi connectivity index (χ0n) is 14.6. The molecule has 0 radical (unpaired) electrons. The van der Waals surface area contributed by atoms with E-state index in [4.69, 9.17) is 4.74 Å². The van der Waals surface area contributed by atoms with Gasteiger partial charge in [0, 0.05) is 39.1 Å². The second-order valence-corrected chi connectivity index (χ2v) is 6.01. The third kappa shape index (κ3) is 7.99. The van der Waals surface area contributed by atoms with E-state index in [0.29, 0.717) is 13.0 Å². The van der Waals surface area contributed by atoms with Crippen LogP contribution in [-0.2, 0) is 4.79 Å². The molecule has 24 heavy (non-hydrogen) atoms. The molecule has 1 aliphatic heterocycles. The van der Waals surface area contributed by atoms with Crippen LogP contribution in [0.2, 0.25) is 0 Å². The Labute approximate surface area is 151 Å². The van der Waals surface area contributed by atoms with Crippen molar-refractivity contribution in [2.75, 3.05) is 45.9 Å². The normalized spacial score (nSPS) is 14.7. The molecule has 136 valence electrons. The Hall–Kier alpha value is -1.30. The van der Waals surface area contributed by atoms with E-state index < -0.39 is 0 Å². The second-order valence-electron chi connectivity index (χ2n) is 6.01. The number of nitrogens with one attached hydrogen (secondary N) is 2. The van der Waals surface area contributed by atoms with Crippen LogP contribution in [0.1, 0.15) is 24.8 Å². The van der Waals surface area contributed by atoms with Crippen LogP contribution < -0.4 is 15.4 Å². The Bertz CT molecular complexity index is 479. The fraction of sp³-hybridized carbons (Fsp3) is 0.611. The van der Waals surface area contributed by atoms with E-state index in [0.717, 1.165) is 63.4 Å². The second kappa shape index (κ2) is 12.1. The third-order valence-corrected chi connectivity index (χ3v) is 4.08. The number of hydrogen-bond acceptors (Lipinski definition) is 4. The van der Waals surface area contributed by atoms with Crippen molar-refractivity contribution >= 4 is 18.3 Å². The van der Waals surface area contributed by atoms with Crippen molar-refractivity contribution < 1.29 is 9.53 Å². The van der Waals surface area contributed by atoms with Crippen LogP contribution in [0, 0.1) is 6.92 Å². The molecule has 1 heterocycles. The predicted molar refractivity (Wildman–Crippen MR) is 100 cm³/mol. The van der Waals surface area contributed by atoms with Crippen LogP contribution in [0.3, 0.4) is 0 Å². The molecule has 2 rings (SSSR count). The van der Waals surface area contributed by atoms with Crippen LogP contribution in [0.25, 0.3) is 0 Å². The first-order valence-electron chi connectivity index (χ1n) is 8.64. The number of piperazine rings is 1. The summed E-state index contributed by atoms with van der Waals surface area (Å²) >= 11 is 0. The highest BCUT2D eigenvalue weighted by atomic mass is 35.5. The first-order chi connectivity index (χ1) is 11.3. The van der Waals surface area contributed by atoms with Gasteiger partial charge < -0.3 is 20.3 Å². The first-order valence-corrected chi connectivity index (χ1v) is 8.64. The van der Waals surface area contributed by atoms with Gasteiger partial charge in [-0.15, -0.1) is 12.4 Å². The summed E-state index contributed by atoms with van der Waals surface area (Å²) in [7, 11) is 0. The summed E-state index contributed by atoms with van der Waals surface area (Å²) in [5.41, 5.74) is 1.13. The highest BCUT2D eigenvalue weighted by Gasteiger charge is 2.08. The molecule has 1 saturated heterocycles. The van der Waals surface area contributed by atoms with Crippen molar-refractivity contribution in [3.8, 4) is 5.75 Å². The quantitative estimate of drug-likeness (QED) is 0.665. The lowest BCUT2D eigenvalue weighted by atomic mass is 10.2. The highest BCUT2D eigenvalue weighted by molar-refractivity contribution is 5.85. The molecule has 0 spiro atoms. The molecule has 1 aromatic carbocycles. The van der Waals surface area contributed by atoms with Gasteiger partial charge >= 0.3 is 0 Å². The van der Waals surface area contributed by atoms with E-state index in [2.05, 4.69) is 15.5 Å². The number of benzene rings is 1. The van der Waals surface area contributed by atoms with Crippen molar-refractivity contribution in [1.82, 2.24) is 15.5 Å². The van der Waals surface area contributed by atoms with E-state index >= 15 is 0 Å². The van der Waals surface area contributed by atoms with Gasteiger partial charge in [0.25, 0.3) is 0 Å². The van der Waals surface area contributed by atoms with Gasteiger partial charge in [0.15, 0.2) is 0 Å². The molecule has 1 amide bonds. The summed E-state index contributed by atoms with van der Waals surface area (Å²) < 4.78 is 5.70. The molecule has 1 aromatic rings. The molecular weight excluding hydrogens is 326 g/mol. The van der Waals surface area contributed by atoms with Gasteiger partial charge in [0.05, 0.1) is 6.61 Å². The van der Waals surface area contributed by atoms with Gasteiger partial charge in [-0.2, -0.15) is 0 Å². The van der Waals surface area contributed by atoms with Gasteiger partial charge in [0.1, 0.15) is 5.75 Å². The van der Waals surface area contributed by atoms with Crippen LogP contribution in [-0.4, -0.2) is 56.7 Å². The lowest BCUT2D eigenvalue weighted by Crippen LogP contribution is -2.44. The molecule has 0 aliphatic carbocycles. The smallest absolute Gasteiger partial charge is 0.220 e. The van der Waals surface area contributed by atoms with Crippen molar-refractivity contribution in [2.24, 2.45) is 0 Å². The third-order valence-electron chi connectivity index (χ3n) is 4.08. The minimum atomic E-state index is 0. The van der Waals surface area contributed by atoms with E-state index in [-0.39, 0.29) is 18.3 Å². The zero-order chi connectivity index (χ0) is 16.3. The highest BCUT2D eigenvalue weighted by Crippen LogP contribution is 2.16. The fourth-order valence-corrected chi connectivity index (χ4v) is 2.69. The standard InChI is InChI=1S/C18H29N3O2.ClH/c1-16-6-2-3-7-17(16)23-15-4-8-18(22)20-9-5-12-21-13-10-19-11-14-21;/h2-3,6-7,19H,4-5,8-15H2,1H3,(H,20,22);1H. The van der Waals surface area contributed by atoms with Crippen molar-refractivity contribution in [3.05, 3.63) is 29.8 Å². The maximum Gasteiger partial charge on any atom is 0.220 e. The summed E-state index contributed by atoms with van der Waals surface area (Å²) in [5.74, 6) is 1.03. The number of aryl methyl sites for hydroxylation is 1. The Morgan fingerprint density at radius 3 is 2.75 bits per heavy atom. The molecule has 0 unspecified atom stereocenters.